The molecule has 1 saturated heterocycles. The van der Waals surface area contributed by atoms with Gasteiger partial charge in [0.1, 0.15) is 29.9 Å². The molecule has 0 saturated carbocycles. The lowest BCUT2D eigenvalue weighted by atomic mass is 10.1. The Kier molecular flexibility index (Phi) is 8.93. The largest absolute Gasteiger partial charge is 0.508 e. The molecule has 0 aromatic heterocycles. The van der Waals surface area contributed by atoms with Crippen LogP contribution < -0.4 is 16.4 Å². The number of likely N-dealkylation sites (tertiary alicyclic amines) is 1. The van der Waals surface area contributed by atoms with Gasteiger partial charge in [0.2, 0.25) is 17.7 Å². The summed E-state index contributed by atoms with van der Waals surface area (Å²) in [4.78, 5) is 50.2. The molecule has 0 unspecified atom stereocenters. The first-order valence-electron chi connectivity index (χ1n) is 10.1. The molecular formula is C20H28N4O8. The number of aromatic hydroxyl groups is 1. The average molecular weight is 452 g/mol. The molecule has 1 heterocycles. The van der Waals surface area contributed by atoms with Crippen LogP contribution in [-0.4, -0.2) is 92.9 Å². The van der Waals surface area contributed by atoms with Gasteiger partial charge in [0.25, 0.3) is 0 Å². The maximum Gasteiger partial charge on any atom is 0.326 e. The van der Waals surface area contributed by atoms with Crippen molar-refractivity contribution in [3.8, 4) is 5.75 Å². The summed E-state index contributed by atoms with van der Waals surface area (Å²) in [5, 5.41) is 42.0. The van der Waals surface area contributed by atoms with E-state index >= 15 is 0 Å². The van der Waals surface area contributed by atoms with Gasteiger partial charge in [-0.2, -0.15) is 0 Å². The highest BCUT2D eigenvalue weighted by Crippen LogP contribution is 2.18. The Hall–Kier alpha value is -3.22. The minimum absolute atomic E-state index is 0.00657. The first kappa shape index (κ1) is 25.0. The van der Waals surface area contributed by atoms with E-state index in [1.807, 2.05) is 0 Å². The van der Waals surface area contributed by atoms with Crippen LogP contribution in [0.3, 0.4) is 0 Å². The second kappa shape index (κ2) is 11.4. The fourth-order valence-electron chi connectivity index (χ4n) is 3.40. The first-order valence-corrected chi connectivity index (χ1v) is 10.1. The highest BCUT2D eigenvalue weighted by Gasteiger charge is 2.37. The molecule has 4 atom stereocenters. The zero-order valence-electron chi connectivity index (χ0n) is 17.3. The lowest BCUT2D eigenvalue weighted by Crippen LogP contribution is -2.58. The number of aliphatic hydroxyl groups excluding tert-OH is 2. The average Bonchev–Trinajstić information content (AvgIpc) is 3.27. The van der Waals surface area contributed by atoms with E-state index in [0.717, 1.165) is 0 Å². The lowest BCUT2D eigenvalue weighted by molar-refractivity contribution is -0.143. The molecule has 1 aromatic carbocycles. The number of nitrogens with zero attached hydrogens (tertiary/aromatic N) is 1. The summed E-state index contributed by atoms with van der Waals surface area (Å²) in [6.45, 7) is -1.11. The summed E-state index contributed by atoms with van der Waals surface area (Å²) in [5.41, 5.74) is 6.08. The van der Waals surface area contributed by atoms with Gasteiger partial charge in [0, 0.05) is 13.0 Å². The van der Waals surface area contributed by atoms with Gasteiger partial charge in [0.05, 0.1) is 13.2 Å². The van der Waals surface area contributed by atoms with Crippen LogP contribution >= 0.6 is 0 Å². The number of nitrogens with one attached hydrogen (secondary N) is 2. The van der Waals surface area contributed by atoms with E-state index in [9.17, 15) is 34.5 Å². The number of nitrogens with two attached hydrogens (primary N) is 1. The van der Waals surface area contributed by atoms with Gasteiger partial charge < -0.3 is 41.7 Å². The van der Waals surface area contributed by atoms with Crippen molar-refractivity contribution < 1.29 is 39.6 Å². The van der Waals surface area contributed by atoms with E-state index < -0.39 is 61.1 Å². The predicted molar refractivity (Wildman–Crippen MR) is 110 cm³/mol. The quantitative estimate of drug-likeness (QED) is 0.197. The summed E-state index contributed by atoms with van der Waals surface area (Å²) < 4.78 is 0. The van der Waals surface area contributed by atoms with E-state index in [-0.39, 0.29) is 18.7 Å². The van der Waals surface area contributed by atoms with Gasteiger partial charge in [-0.15, -0.1) is 0 Å². The minimum atomic E-state index is -1.44. The zero-order chi connectivity index (χ0) is 23.8. The maximum atomic E-state index is 12.6. The van der Waals surface area contributed by atoms with Crippen LogP contribution in [0.4, 0.5) is 0 Å². The third-order valence-corrected chi connectivity index (χ3v) is 5.16. The van der Waals surface area contributed by atoms with E-state index in [4.69, 9.17) is 10.8 Å². The number of hydrogen-bond acceptors (Lipinski definition) is 8. The third kappa shape index (κ3) is 6.39. The molecule has 3 amide bonds. The van der Waals surface area contributed by atoms with Gasteiger partial charge in [-0.25, -0.2) is 4.79 Å². The van der Waals surface area contributed by atoms with Crippen LogP contribution in [-0.2, 0) is 25.6 Å². The molecule has 0 aliphatic carbocycles. The van der Waals surface area contributed by atoms with Crippen LogP contribution in [0.2, 0.25) is 0 Å². The Bertz CT molecular complexity index is 831. The summed E-state index contributed by atoms with van der Waals surface area (Å²) in [6.07, 6.45) is 0.747. The number of benzene rings is 1. The molecule has 8 N–H and O–H groups in total. The van der Waals surface area contributed by atoms with Crippen LogP contribution in [0.25, 0.3) is 0 Å². The van der Waals surface area contributed by atoms with E-state index in [0.29, 0.717) is 18.4 Å². The van der Waals surface area contributed by atoms with Crippen molar-refractivity contribution >= 4 is 23.7 Å². The summed E-state index contributed by atoms with van der Waals surface area (Å²) in [6, 6.07) is 0.898. The van der Waals surface area contributed by atoms with E-state index in [1.165, 1.54) is 29.2 Å². The van der Waals surface area contributed by atoms with Gasteiger partial charge in [0.15, 0.2) is 0 Å². The first-order chi connectivity index (χ1) is 15.2. The van der Waals surface area contributed by atoms with Crippen molar-refractivity contribution in [3.63, 3.8) is 0 Å². The molecule has 1 aromatic rings. The number of phenolic OH excluding ortho intramolecular Hbond substituents is 1. The third-order valence-electron chi connectivity index (χ3n) is 5.16. The van der Waals surface area contributed by atoms with Crippen molar-refractivity contribution in [1.82, 2.24) is 15.5 Å². The Morgan fingerprint density at radius 2 is 1.72 bits per heavy atom. The number of hydrogen-bond donors (Lipinski definition) is 7. The molecule has 176 valence electrons. The van der Waals surface area contributed by atoms with Crippen molar-refractivity contribution in [2.75, 3.05) is 19.8 Å². The molecule has 1 aliphatic heterocycles. The topological polar surface area (TPSA) is 203 Å². The summed E-state index contributed by atoms with van der Waals surface area (Å²) in [7, 11) is 0. The Morgan fingerprint density at radius 1 is 1.06 bits per heavy atom. The fourth-order valence-corrected chi connectivity index (χ4v) is 3.40. The van der Waals surface area contributed by atoms with Crippen molar-refractivity contribution in [3.05, 3.63) is 29.8 Å². The Balaban J connectivity index is 2.02. The number of phenols is 1. The molecule has 2 rings (SSSR count). The van der Waals surface area contributed by atoms with Crippen molar-refractivity contribution in [2.45, 2.75) is 43.4 Å². The molecule has 0 bridgehead atoms. The molecule has 1 fully saturated rings. The van der Waals surface area contributed by atoms with Gasteiger partial charge in [-0.3, -0.25) is 14.4 Å². The summed E-state index contributed by atoms with van der Waals surface area (Å²) in [5.74, 6) is -3.52. The monoisotopic (exact) mass is 452 g/mol. The van der Waals surface area contributed by atoms with Crippen LogP contribution in [0, 0.1) is 0 Å². The zero-order valence-corrected chi connectivity index (χ0v) is 17.3. The lowest BCUT2D eigenvalue weighted by Gasteiger charge is -2.27. The molecule has 0 radical (unpaired) electrons. The molecule has 32 heavy (non-hydrogen) atoms. The van der Waals surface area contributed by atoms with Gasteiger partial charge in [-0.1, -0.05) is 12.1 Å². The molecule has 1 aliphatic rings. The van der Waals surface area contributed by atoms with Crippen molar-refractivity contribution in [1.29, 1.82) is 0 Å². The second-order valence-electron chi connectivity index (χ2n) is 7.49. The van der Waals surface area contributed by atoms with E-state index in [2.05, 4.69) is 10.6 Å². The maximum absolute atomic E-state index is 12.6. The number of carbonyl (C=O) groups is 4. The fraction of sp³-hybridized carbons (Fsp3) is 0.500. The normalized spacial score (nSPS) is 18.5. The minimum Gasteiger partial charge on any atom is -0.508 e. The van der Waals surface area contributed by atoms with E-state index in [1.54, 1.807) is 0 Å². The predicted octanol–water partition coefficient (Wildman–Crippen LogP) is -2.71. The standard InChI is InChI=1S/C20H28N4O8/c21-13(9-25)19(30)24-7-1-2-16(24)18(29)23-15(10-26)17(28)22-14(20(31)32)8-11-3-5-12(27)6-4-11/h3-6,13-16,25-27H,1-2,7-10,21H2,(H,22,28)(H,23,29)(H,31,32)/t13-,14-,15-,16-/m0/s1. The molecule has 12 nitrogen and oxygen atoms in total. The second-order valence-corrected chi connectivity index (χ2v) is 7.49. The van der Waals surface area contributed by atoms with Crippen molar-refractivity contribution in [2.24, 2.45) is 5.73 Å². The molecular weight excluding hydrogens is 424 g/mol. The number of aliphatic hydroxyl groups is 2. The SMILES string of the molecule is N[C@@H](CO)C(=O)N1CCC[C@H]1C(=O)N[C@@H](CO)C(=O)N[C@@H](Cc1ccc(O)cc1)C(=O)O. The number of carboxylic acids is 1. The Labute approximate surface area is 184 Å². The number of rotatable bonds is 10. The van der Waals surface area contributed by atoms with Crippen LogP contribution in [0.15, 0.2) is 24.3 Å². The van der Waals surface area contributed by atoms with Gasteiger partial charge in [-0.05, 0) is 30.5 Å². The van der Waals surface area contributed by atoms with Crippen LogP contribution in [0.5, 0.6) is 5.75 Å². The molecule has 12 heteroatoms. The number of amides is 3. The van der Waals surface area contributed by atoms with Gasteiger partial charge >= 0.3 is 5.97 Å². The smallest absolute Gasteiger partial charge is 0.326 e. The Morgan fingerprint density at radius 3 is 2.28 bits per heavy atom. The highest BCUT2D eigenvalue weighted by molar-refractivity contribution is 5.94. The number of aliphatic carboxylic acids is 1. The number of carbonyl (C=O) groups excluding carboxylic acids is 3. The number of carboxylic acid groups (broad SMARTS) is 1. The van der Waals surface area contributed by atoms with Crippen LogP contribution in [0.1, 0.15) is 18.4 Å². The summed E-state index contributed by atoms with van der Waals surface area (Å²) >= 11 is 0. The molecule has 0 spiro atoms. The highest BCUT2D eigenvalue weighted by atomic mass is 16.4.